The summed E-state index contributed by atoms with van der Waals surface area (Å²) in [5.41, 5.74) is -0.520. The monoisotopic (exact) mass is 295 g/mol. The van der Waals surface area contributed by atoms with Gasteiger partial charge in [-0.25, -0.2) is 10.7 Å². The Labute approximate surface area is 124 Å². The maximum atomic E-state index is 11.4. The molecule has 116 valence electrons. The average molecular weight is 295 g/mol. The summed E-state index contributed by atoms with van der Waals surface area (Å²) in [5, 5.41) is 17.1. The van der Waals surface area contributed by atoms with Crippen LogP contribution in [0.5, 0.6) is 0 Å². The van der Waals surface area contributed by atoms with Crippen molar-refractivity contribution >= 4 is 11.8 Å². The lowest BCUT2D eigenvalue weighted by Gasteiger charge is -2.33. The van der Waals surface area contributed by atoms with Gasteiger partial charge in [0.15, 0.2) is 5.57 Å². The fourth-order valence-electron chi connectivity index (χ4n) is 1.64. The molecule has 0 aliphatic carbocycles. The van der Waals surface area contributed by atoms with E-state index >= 15 is 0 Å². The number of quaternary nitrogens is 1. The fraction of sp³-hybridized carbons (Fsp3) is 0.714. The Hall–Kier alpha value is -1.71. The Bertz CT molecular complexity index is 450. The van der Waals surface area contributed by atoms with Crippen LogP contribution in [0, 0.1) is 11.3 Å². The molecule has 7 heteroatoms. The number of nitrogens with zero attached hydrogens (tertiary/aromatic N) is 3. The van der Waals surface area contributed by atoms with Gasteiger partial charge in [-0.15, -0.1) is 0 Å². The SMILES string of the molecule is CC[N+](C)(CCOCC1CO1)CCOC(=O)C(=C=[N-])C#N. The molecule has 1 aliphatic rings. The number of rotatable bonds is 10. The summed E-state index contributed by atoms with van der Waals surface area (Å²) in [4.78, 5) is 11.4. The third-order valence-corrected chi connectivity index (χ3v) is 3.54. The van der Waals surface area contributed by atoms with Crippen molar-refractivity contribution in [2.45, 2.75) is 13.0 Å². The first kappa shape index (κ1) is 17.3. The molecule has 0 amide bonds. The number of nitriles is 1. The highest BCUT2D eigenvalue weighted by atomic mass is 16.6. The average Bonchev–Trinajstić information content (AvgIpc) is 3.29. The maximum Gasteiger partial charge on any atom is 0.355 e. The van der Waals surface area contributed by atoms with Crippen molar-refractivity contribution < 1.29 is 23.5 Å². The highest BCUT2D eigenvalue weighted by Gasteiger charge is 2.24. The first-order chi connectivity index (χ1) is 10.0. The number of carbonyl (C=O) groups is 1. The standard InChI is InChI=1S/C14H21N3O4/c1-3-17(2,4-6-19-10-13-11-21-13)5-7-20-14(18)12(8-15)9-16/h13H,3-7,10-11H2,1-2H3. The van der Waals surface area contributed by atoms with Gasteiger partial charge in [0.2, 0.25) is 0 Å². The molecule has 0 aromatic rings. The molecule has 0 saturated carbocycles. The van der Waals surface area contributed by atoms with Crippen LogP contribution in [-0.4, -0.2) is 75.5 Å². The van der Waals surface area contributed by atoms with Crippen molar-refractivity contribution in [2.24, 2.45) is 0 Å². The Morgan fingerprint density at radius 3 is 2.67 bits per heavy atom. The predicted molar refractivity (Wildman–Crippen MR) is 75.5 cm³/mol. The molecule has 2 atom stereocenters. The predicted octanol–water partition coefficient (Wildman–Crippen LogP) is 0.101. The van der Waals surface area contributed by atoms with Crippen LogP contribution in [0.1, 0.15) is 6.92 Å². The Balaban J connectivity index is 2.25. The molecule has 0 radical (unpaired) electrons. The Morgan fingerprint density at radius 1 is 1.48 bits per heavy atom. The van der Waals surface area contributed by atoms with Gasteiger partial charge in [0.1, 0.15) is 31.9 Å². The van der Waals surface area contributed by atoms with Crippen LogP contribution >= 0.6 is 0 Å². The fourth-order valence-corrected chi connectivity index (χ4v) is 1.64. The van der Waals surface area contributed by atoms with E-state index in [1.165, 1.54) is 11.9 Å². The van der Waals surface area contributed by atoms with Crippen LogP contribution in [0.4, 0.5) is 0 Å². The second-order valence-electron chi connectivity index (χ2n) is 5.15. The van der Waals surface area contributed by atoms with E-state index in [1.807, 2.05) is 14.0 Å². The minimum Gasteiger partial charge on any atom is -0.762 e. The normalized spacial score (nSPS) is 19.0. The van der Waals surface area contributed by atoms with Gasteiger partial charge >= 0.3 is 5.97 Å². The van der Waals surface area contributed by atoms with Crippen LogP contribution in [-0.2, 0) is 19.0 Å². The van der Waals surface area contributed by atoms with Gasteiger partial charge in [-0.3, -0.25) is 0 Å². The number of ether oxygens (including phenoxy) is 3. The third kappa shape index (κ3) is 6.52. The summed E-state index contributed by atoms with van der Waals surface area (Å²) in [5.74, 6) is 0.659. The van der Waals surface area contributed by atoms with Gasteiger partial charge in [0, 0.05) is 0 Å². The van der Waals surface area contributed by atoms with Crippen molar-refractivity contribution in [2.75, 3.05) is 53.1 Å². The van der Waals surface area contributed by atoms with Gasteiger partial charge in [-0.05, 0) is 6.92 Å². The summed E-state index contributed by atoms with van der Waals surface area (Å²) >= 11 is 0. The number of hydrogen-bond donors (Lipinski definition) is 0. The van der Waals surface area contributed by atoms with Gasteiger partial charge in [-0.1, -0.05) is 0 Å². The molecule has 1 rings (SSSR count). The largest absolute Gasteiger partial charge is 0.762 e. The Morgan fingerprint density at radius 2 is 2.14 bits per heavy atom. The van der Waals surface area contributed by atoms with E-state index in [4.69, 9.17) is 24.9 Å². The lowest BCUT2D eigenvalue weighted by molar-refractivity contribution is -0.908. The topological polar surface area (TPSA) is 94.2 Å². The number of hydrogen-bond acceptors (Lipinski definition) is 5. The highest BCUT2D eigenvalue weighted by Crippen LogP contribution is 2.09. The first-order valence-corrected chi connectivity index (χ1v) is 6.92. The molecular formula is C14H21N3O4. The number of carbonyl (C=O) groups excluding carboxylic acids is 1. The molecule has 0 aromatic carbocycles. The van der Waals surface area contributed by atoms with Crippen LogP contribution in [0.2, 0.25) is 0 Å². The van der Waals surface area contributed by atoms with E-state index in [9.17, 15) is 4.79 Å². The summed E-state index contributed by atoms with van der Waals surface area (Å²) in [6, 6.07) is 1.52. The van der Waals surface area contributed by atoms with Crippen molar-refractivity contribution in [3.63, 3.8) is 0 Å². The molecular weight excluding hydrogens is 274 g/mol. The molecule has 1 heterocycles. The van der Waals surface area contributed by atoms with Crippen LogP contribution < -0.4 is 0 Å². The Kier molecular flexibility index (Phi) is 7.06. The van der Waals surface area contributed by atoms with Crippen molar-refractivity contribution in [1.29, 1.82) is 5.26 Å². The van der Waals surface area contributed by atoms with Crippen molar-refractivity contribution in [1.82, 2.24) is 0 Å². The van der Waals surface area contributed by atoms with Gasteiger partial charge < -0.3 is 24.1 Å². The smallest absolute Gasteiger partial charge is 0.355 e. The number of epoxide rings is 1. The molecule has 2 unspecified atom stereocenters. The van der Waals surface area contributed by atoms with E-state index < -0.39 is 11.5 Å². The quantitative estimate of drug-likeness (QED) is 0.108. The molecule has 0 bridgehead atoms. The van der Waals surface area contributed by atoms with Gasteiger partial charge in [0.05, 0.1) is 33.4 Å². The molecule has 1 fully saturated rings. The lowest BCUT2D eigenvalue weighted by atomic mass is 10.3. The van der Waals surface area contributed by atoms with Crippen LogP contribution in [0.15, 0.2) is 5.57 Å². The van der Waals surface area contributed by atoms with E-state index in [-0.39, 0.29) is 12.7 Å². The van der Waals surface area contributed by atoms with Crippen molar-refractivity contribution in [3.05, 3.63) is 11.0 Å². The first-order valence-electron chi connectivity index (χ1n) is 6.92. The summed E-state index contributed by atoms with van der Waals surface area (Å²) < 4.78 is 16.2. The third-order valence-electron chi connectivity index (χ3n) is 3.54. The van der Waals surface area contributed by atoms with Crippen molar-refractivity contribution in [3.8, 4) is 6.07 Å². The molecule has 7 nitrogen and oxygen atoms in total. The molecule has 1 aliphatic heterocycles. The van der Waals surface area contributed by atoms with E-state index in [1.54, 1.807) is 0 Å². The highest BCUT2D eigenvalue weighted by molar-refractivity contribution is 6.02. The minimum absolute atomic E-state index is 0.168. The maximum absolute atomic E-state index is 11.4. The second-order valence-corrected chi connectivity index (χ2v) is 5.15. The summed E-state index contributed by atoms with van der Waals surface area (Å²) in [6.45, 7) is 6.52. The minimum atomic E-state index is -0.857. The van der Waals surface area contributed by atoms with E-state index in [0.717, 1.165) is 19.7 Å². The number of likely N-dealkylation sites (N-methyl/N-ethyl adjacent to an activating group) is 1. The second kappa shape index (κ2) is 8.55. The van der Waals surface area contributed by atoms with Gasteiger partial charge in [0.25, 0.3) is 0 Å². The van der Waals surface area contributed by atoms with Crippen LogP contribution in [0.25, 0.3) is 5.41 Å². The lowest BCUT2D eigenvalue weighted by Crippen LogP contribution is -2.48. The molecule has 0 N–H and O–H groups in total. The van der Waals surface area contributed by atoms with E-state index in [0.29, 0.717) is 24.2 Å². The van der Waals surface area contributed by atoms with Gasteiger partial charge in [-0.2, -0.15) is 5.26 Å². The molecule has 21 heavy (non-hydrogen) atoms. The zero-order chi connectivity index (χ0) is 15.7. The van der Waals surface area contributed by atoms with E-state index in [2.05, 4.69) is 0 Å². The molecule has 0 aromatic heterocycles. The summed E-state index contributed by atoms with van der Waals surface area (Å²) in [7, 11) is 2.05. The molecule has 0 spiro atoms. The van der Waals surface area contributed by atoms with Crippen LogP contribution in [0.3, 0.4) is 0 Å². The summed E-state index contributed by atoms with van der Waals surface area (Å²) in [6.07, 6.45) is 0.261. The zero-order valence-corrected chi connectivity index (χ0v) is 12.5. The molecule has 1 saturated heterocycles. The number of esters is 1. The zero-order valence-electron chi connectivity index (χ0n) is 12.5.